The first kappa shape index (κ1) is 15.5. The lowest BCUT2D eigenvalue weighted by molar-refractivity contribution is 0.0950. The minimum Gasteiger partial charge on any atom is -0.493 e. The highest BCUT2D eigenvalue weighted by molar-refractivity contribution is 6.00. The Labute approximate surface area is 128 Å². The van der Waals surface area contributed by atoms with Gasteiger partial charge in [0.2, 0.25) is 0 Å². The summed E-state index contributed by atoms with van der Waals surface area (Å²) in [5.41, 5.74) is 4.25. The molecule has 2 rings (SSSR count). The second-order valence-electron chi connectivity index (χ2n) is 4.42. The SMILES string of the molecule is COc1ccc(/C(C)=N\NC(=O)c2ccccn2)cc1OC. The van der Waals surface area contributed by atoms with Gasteiger partial charge in [-0.25, -0.2) is 5.43 Å². The third kappa shape index (κ3) is 3.60. The van der Waals surface area contributed by atoms with Crippen LogP contribution in [0.15, 0.2) is 47.7 Å². The maximum Gasteiger partial charge on any atom is 0.289 e. The van der Waals surface area contributed by atoms with Crippen molar-refractivity contribution < 1.29 is 14.3 Å². The first-order chi connectivity index (χ1) is 10.7. The summed E-state index contributed by atoms with van der Waals surface area (Å²) in [7, 11) is 3.14. The molecule has 1 aromatic heterocycles. The molecule has 114 valence electrons. The number of hydrazone groups is 1. The fraction of sp³-hybridized carbons (Fsp3) is 0.188. The molecule has 0 fully saturated rings. The van der Waals surface area contributed by atoms with E-state index in [1.165, 1.54) is 0 Å². The van der Waals surface area contributed by atoms with Crippen molar-refractivity contribution in [3.63, 3.8) is 0 Å². The zero-order valence-electron chi connectivity index (χ0n) is 12.7. The van der Waals surface area contributed by atoms with Crippen LogP contribution in [0.5, 0.6) is 11.5 Å². The van der Waals surface area contributed by atoms with E-state index in [9.17, 15) is 4.79 Å². The van der Waals surface area contributed by atoms with Crippen LogP contribution in [0.4, 0.5) is 0 Å². The molecule has 22 heavy (non-hydrogen) atoms. The molecule has 0 aliphatic carbocycles. The second kappa shape index (κ2) is 7.21. The van der Waals surface area contributed by atoms with Crippen LogP contribution in [-0.4, -0.2) is 30.8 Å². The number of rotatable bonds is 5. The monoisotopic (exact) mass is 299 g/mol. The maximum absolute atomic E-state index is 11.9. The van der Waals surface area contributed by atoms with Crippen LogP contribution in [-0.2, 0) is 0 Å². The van der Waals surface area contributed by atoms with E-state index in [-0.39, 0.29) is 5.91 Å². The van der Waals surface area contributed by atoms with Crippen LogP contribution in [0.25, 0.3) is 0 Å². The van der Waals surface area contributed by atoms with Crippen molar-refractivity contribution in [2.45, 2.75) is 6.92 Å². The molecule has 0 spiro atoms. The predicted molar refractivity (Wildman–Crippen MR) is 83.5 cm³/mol. The fourth-order valence-electron chi connectivity index (χ4n) is 1.81. The molecule has 1 aromatic carbocycles. The van der Waals surface area contributed by atoms with Gasteiger partial charge in [-0.2, -0.15) is 5.10 Å². The molecule has 0 saturated carbocycles. The second-order valence-corrected chi connectivity index (χ2v) is 4.42. The average molecular weight is 299 g/mol. The molecule has 0 unspecified atom stereocenters. The van der Waals surface area contributed by atoms with Crippen molar-refractivity contribution in [1.82, 2.24) is 10.4 Å². The van der Waals surface area contributed by atoms with E-state index in [1.54, 1.807) is 57.7 Å². The Kier molecular flexibility index (Phi) is 5.08. The fourth-order valence-corrected chi connectivity index (χ4v) is 1.81. The van der Waals surface area contributed by atoms with Gasteiger partial charge in [-0.1, -0.05) is 6.07 Å². The summed E-state index contributed by atoms with van der Waals surface area (Å²) in [6, 6.07) is 10.5. The highest BCUT2D eigenvalue weighted by atomic mass is 16.5. The van der Waals surface area contributed by atoms with Gasteiger partial charge in [0.15, 0.2) is 11.5 Å². The minimum absolute atomic E-state index is 0.311. The van der Waals surface area contributed by atoms with E-state index in [4.69, 9.17) is 9.47 Å². The zero-order valence-corrected chi connectivity index (χ0v) is 12.7. The number of carbonyl (C=O) groups is 1. The number of carbonyl (C=O) groups excluding carboxylic acids is 1. The number of methoxy groups -OCH3 is 2. The number of hydrogen-bond donors (Lipinski definition) is 1. The van der Waals surface area contributed by atoms with Crippen molar-refractivity contribution in [3.05, 3.63) is 53.9 Å². The molecule has 2 aromatic rings. The molecule has 1 amide bonds. The Morgan fingerprint density at radius 3 is 2.55 bits per heavy atom. The van der Waals surface area contributed by atoms with Gasteiger partial charge in [0.25, 0.3) is 5.91 Å². The predicted octanol–water partition coefficient (Wildman–Crippen LogP) is 2.25. The van der Waals surface area contributed by atoms with Gasteiger partial charge >= 0.3 is 0 Å². The van der Waals surface area contributed by atoms with E-state index in [2.05, 4.69) is 15.5 Å². The summed E-state index contributed by atoms with van der Waals surface area (Å²) in [5, 5.41) is 4.08. The zero-order chi connectivity index (χ0) is 15.9. The van der Waals surface area contributed by atoms with Gasteiger partial charge in [0, 0.05) is 11.8 Å². The minimum atomic E-state index is -0.361. The molecule has 6 heteroatoms. The molecule has 1 N–H and O–H groups in total. The Morgan fingerprint density at radius 2 is 1.91 bits per heavy atom. The topological polar surface area (TPSA) is 72.8 Å². The number of pyridine rings is 1. The number of nitrogens with one attached hydrogen (secondary N) is 1. The first-order valence-corrected chi connectivity index (χ1v) is 6.63. The van der Waals surface area contributed by atoms with Gasteiger partial charge in [0.05, 0.1) is 19.9 Å². The number of nitrogens with zero attached hydrogens (tertiary/aromatic N) is 2. The van der Waals surface area contributed by atoms with Crippen molar-refractivity contribution in [2.24, 2.45) is 5.10 Å². The summed E-state index contributed by atoms with van der Waals surface area (Å²) in [6.45, 7) is 1.79. The van der Waals surface area contributed by atoms with E-state index < -0.39 is 0 Å². The van der Waals surface area contributed by atoms with Crippen LogP contribution >= 0.6 is 0 Å². The van der Waals surface area contributed by atoms with Crippen LogP contribution in [0.1, 0.15) is 23.0 Å². The Morgan fingerprint density at radius 1 is 1.14 bits per heavy atom. The molecule has 6 nitrogen and oxygen atoms in total. The third-order valence-corrected chi connectivity index (χ3v) is 3.02. The molecule has 0 radical (unpaired) electrons. The largest absolute Gasteiger partial charge is 0.493 e. The van der Waals surface area contributed by atoms with Crippen LogP contribution < -0.4 is 14.9 Å². The average Bonchev–Trinajstić information content (AvgIpc) is 2.59. The summed E-state index contributed by atoms with van der Waals surface area (Å²) in [4.78, 5) is 15.8. The van der Waals surface area contributed by atoms with Crippen LogP contribution in [0, 0.1) is 0 Å². The highest BCUT2D eigenvalue weighted by Gasteiger charge is 2.08. The summed E-state index contributed by atoms with van der Waals surface area (Å²) in [5.74, 6) is 0.877. The van der Waals surface area contributed by atoms with Gasteiger partial charge < -0.3 is 9.47 Å². The first-order valence-electron chi connectivity index (χ1n) is 6.63. The van der Waals surface area contributed by atoms with Crippen molar-refractivity contribution in [3.8, 4) is 11.5 Å². The van der Waals surface area contributed by atoms with Crippen LogP contribution in [0.2, 0.25) is 0 Å². The maximum atomic E-state index is 11.9. The normalized spacial score (nSPS) is 11.0. The lowest BCUT2D eigenvalue weighted by atomic mass is 10.1. The number of amides is 1. The molecular weight excluding hydrogens is 282 g/mol. The molecule has 0 aliphatic heterocycles. The number of benzene rings is 1. The Hall–Kier alpha value is -2.89. The van der Waals surface area contributed by atoms with E-state index in [1.807, 2.05) is 6.07 Å². The Balaban J connectivity index is 2.14. The Bertz CT molecular complexity index is 684. The van der Waals surface area contributed by atoms with Crippen LogP contribution in [0.3, 0.4) is 0 Å². The standard InChI is InChI=1S/C16H17N3O3/c1-11(12-7-8-14(21-2)15(10-12)22-3)18-19-16(20)13-6-4-5-9-17-13/h4-10H,1-3H3,(H,19,20)/b18-11-. The van der Waals surface area contributed by atoms with Gasteiger partial charge in [-0.3, -0.25) is 9.78 Å². The van der Waals surface area contributed by atoms with E-state index >= 15 is 0 Å². The number of hydrogen-bond acceptors (Lipinski definition) is 5. The van der Waals surface area contributed by atoms with Gasteiger partial charge in [-0.05, 0) is 37.3 Å². The summed E-state index contributed by atoms with van der Waals surface area (Å²) in [6.07, 6.45) is 1.56. The lowest BCUT2D eigenvalue weighted by Gasteiger charge is -2.09. The van der Waals surface area contributed by atoms with Gasteiger partial charge in [0.1, 0.15) is 5.69 Å². The van der Waals surface area contributed by atoms with Crippen molar-refractivity contribution in [1.29, 1.82) is 0 Å². The molecular formula is C16H17N3O3. The third-order valence-electron chi connectivity index (χ3n) is 3.02. The summed E-state index contributed by atoms with van der Waals surface area (Å²) >= 11 is 0. The lowest BCUT2D eigenvalue weighted by Crippen LogP contribution is -2.20. The summed E-state index contributed by atoms with van der Waals surface area (Å²) < 4.78 is 10.4. The highest BCUT2D eigenvalue weighted by Crippen LogP contribution is 2.27. The molecule has 1 heterocycles. The number of aromatic nitrogens is 1. The van der Waals surface area contributed by atoms with Crippen molar-refractivity contribution in [2.75, 3.05) is 14.2 Å². The molecule has 0 aliphatic rings. The molecule has 0 saturated heterocycles. The van der Waals surface area contributed by atoms with E-state index in [0.29, 0.717) is 22.9 Å². The smallest absolute Gasteiger partial charge is 0.289 e. The van der Waals surface area contributed by atoms with E-state index in [0.717, 1.165) is 5.56 Å². The van der Waals surface area contributed by atoms with Gasteiger partial charge in [-0.15, -0.1) is 0 Å². The molecule has 0 bridgehead atoms. The molecule has 0 atom stereocenters. The number of ether oxygens (including phenoxy) is 2. The quantitative estimate of drug-likeness (QED) is 0.679. The van der Waals surface area contributed by atoms with Crippen molar-refractivity contribution >= 4 is 11.6 Å².